The molecule has 4 aromatic rings. The molecule has 2 amide bonds. The first-order valence-electron chi connectivity index (χ1n) is 21.1. The largest absolute Gasteiger partial charge is 0.494 e. The molecule has 8 rings (SSSR count). The van der Waals surface area contributed by atoms with Gasteiger partial charge in [-0.3, -0.25) is 24.7 Å². The summed E-state index contributed by atoms with van der Waals surface area (Å²) in [4.78, 5) is 43.1. The molecule has 4 aliphatic heterocycles. The van der Waals surface area contributed by atoms with Crippen LogP contribution in [0.3, 0.4) is 0 Å². The van der Waals surface area contributed by atoms with Crippen LogP contribution in [-0.2, 0) is 27.2 Å². The number of methoxy groups -OCH3 is 1. The molecule has 1 unspecified atom stereocenters. The molecule has 318 valence electrons. The maximum absolute atomic E-state index is 12.9. The molecule has 1 aromatic heterocycles. The van der Waals surface area contributed by atoms with E-state index in [4.69, 9.17) is 16.3 Å². The van der Waals surface area contributed by atoms with E-state index < -0.39 is 7.14 Å². The van der Waals surface area contributed by atoms with Crippen LogP contribution in [0.4, 0.5) is 34.5 Å². The standard InChI is InChI=1S/C44H56ClN10O4P/c1-59-39-26-32(12-13-36(39)49-44-47-27-34(45)42(51-44)48-37-9-4-5-11-40(37)60(2,3)58)53-20-16-31(17-21-53)54-24-22-52(23-25-54)19-7-18-46-35-10-6-8-30-28-55(29-33(30)35)38-14-15-41(56)50-43(38)57/h4-6,8-13,26-27,31,38,46H,7,14-25,28-29H2,1-3H3,(H,50,56,57)(H2,47,48,49,51). The van der Waals surface area contributed by atoms with Gasteiger partial charge >= 0.3 is 0 Å². The first-order valence-corrected chi connectivity index (χ1v) is 24.0. The molecule has 14 nitrogen and oxygen atoms in total. The highest BCUT2D eigenvalue weighted by Gasteiger charge is 2.35. The number of hydrogen-bond acceptors (Lipinski definition) is 13. The highest BCUT2D eigenvalue weighted by molar-refractivity contribution is 7.70. The molecule has 0 bridgehead atoms. The van der Waals surface area contributed by atoms with Crippen LogP contribution in [0.5, 0.6) is 5.75 Å². The Morgan fingerprint density at radius 2 is 1.67 bits per heavy atom. The molecule has 3 aromatic carbocycles. The second-order valence-corrected chi connectivity index (χ2v) is 20.2. The lowest BCUT2D eigenvalue weighted by Gasteiger charge is -2.43. The maximum Gasteiger partial charge on any atom is 0.243 e. The number of para-hydroxylation sites is 1. The maximum atomic E-state index is 12.9. The SMILES string of the molecule is COc1cc(N2CCC(N3CCN(CCCNc4cccc5c4CN(C4CCC(=O)NC4=O)C5)CC3)CC2)ccc1Nc1ncc(Cl)c(Nc2ccccc2P(C)(C)=O)n1. The summed E-state index contributed by atoms with van der Waals surface area (Å²) >= 11 is 6.49. The van der Waals surface area contributed by atoms with Crippen LogP contribution < -0.4 is 36.2 Å². The first-order chi connectivity index (χ1) is 29.0. The lowest BCUT2D eigenvalue weighted by molar-refractivity contribution is -0.137. The Morgan fingerprint density at radius 3 is 2.43 bits per heavy atom. The number of benzene rings is 3. The number of carbonyl (C=O) groups excluding carboxylic acids is 2. The summed E-state index contributed by atoms with van der Waals surface area (Å²) in [7, 11) is -0.870. The van der Waals surface area contributed by atoms with E-state index in [9.17, 15) is 14.2 Å². The van der Waals surface area contributed by atoms with E-state index in [2.05, 4.69) is 81.2 Å². The third-order valence-electron chi connectivity index (χ3n) is 12.3. The number of anilines is 6. The Labute approximate surface area is 357 Å². The van der Waals surface area contributed by atoms with E-state index in [0.29, 0.717) is 47.1 Å². The second-order valence-electron chi connectivity index (χ2n) is 16.6. The number of carbonyl (C=O) groups is 2. The number of piperidine rings is 2. The molecule has 5 heterocycles. The smallest absolute Gasteiger partial charge is 0.243 e. The minimum absolute atomic E-state index is 0.167. The average molecular weight is 855 g/mol. The number of nitrogens with one attached hydrogen (secondary N) is 4. The van der Waals surface area contributed by atoms with Crippen LogP contribution in [0.1, 0.15) is 43.2 Å². The number of piperazine rings is 1. The van der Waals surface area contributed by atoms with Crippen molar-refractivity contribution in [3.63, 3.8) is 0 Å². The molecule has 3 saturated heterocycles. The van der Waals surface area contributed by atoms with Gasteiger partial charge in [0.2, 0.25) is 17.8 Å². The summed E-state index contributed by atoms with van der Waals surface area (Å²) in [6.45, 7) is 13.3. The average Bonchev–Trinajstić information content (AvgIpc) is 3.69. The van der Waals surface area contributed by atoms with Gasteiger partial charge in [-0.25, -0.2) is 4.98 Å². The number of nitrogens with zero attached hydrogens (tertiary/aromatic N) is 6. The minimum atomic E-state index is -2.54. The molecule has 0 spiro atoms. The highest BCUT2D eigenvalue weighted by atomic mass is 35.5. The molecule has 3 fully saturated rings. The van der Waals surface area contributed by atoms with E-state index >= 15 is 0 Å². The first kappa shape index (κ1) is 42.0. The van der Waals surface area contributed by atoms with E-state index in [1.807, 2.05) is 30.3 Å². The number of ether oxygens (including phenoxy) is 1. The van der Waals surface area contributed by atoms with Crippen LogP contribution in [0.2, 0.25) is 5.02 Å². The van der Waals surface area contributed by atoms with Crippen LogP contribution in [0.25, 0.3) is 0 Å². The molecular weight excluding hydrogens is 799 g/mol. The van der Waals surface area contributed by atoms with E-state index in [1.54, 1.807) is 26.6 Å². The molecule has 0 saturated carbocycles. The highest BCUT2D eigenvalue weighted by Crippen LogP contribution is 2.39. The number of halogens is 1. The predicted octanol–water partition coefficient (Wildman–Crippen LogP) is 6.08. The quantitative estimate of drug-likeness (QED) is 0.0661. The molecule has 0 aliphatic carbocycles. The monoisotopic (exact) mass is 854 g/mol. The lowest BCUT2D eigenvalue weighted by Crippen LogP contribution is -2.53. The summed E-state index contributed by atoms with van der Waals surface area (Å²) in [5.74, 6) is 1.13. The van der Waals surface area contributed by atoms with Gasteiger partial charge in [0.15, 0.2) is 5.82 Å². The van der Waals surface area contributed by atoms with Gasteiger partial charge in [-0.1, -0.05) is 35.9 Å². The van der Waals surface area contributed by atoms with Crippen molar-refractivity contribution in [2.24, 2.45) is 0 Å². The number of amides is 2. The van der Waals surface area contributed by atoms with Crippen molar-refractivity contribution < 1.29 is 18.9 Å². The van der Waals surface area contributed by atoms with Gasteiger partial charge in [0, 0.05) is 94.1 Å². The molecule has 4 N–H and O–H groups in total. The second kappa shape index (κ2) is 18.5. The molecular formula is C44H56ClN10O4P. The summed E-state index contributed by atoms with van der Waals surface area (Å²) in [5, 5.41) is 13.8. The van der Waals surface area contributed by atoms with Crippen molar-refractivity contribution >= 4 is 70.4 Å². The van der Waals surface area contributed by atoms with Gasteiger partial charge in [-0.2, -0.15) is 4.98 Å². The van der Waals surface area contributed by atoms with Gasteiger partial charge in [0.05, 0.1) is 30.7 Å². The van der Waals surface area contributed by atoms with E-state index in [-0.39, 0.29) is 17.9 Å². The van der Waals surface area contributed by atoms with Crippen LogP contribution in [0, 0.1) is 0 Å². The van der Waals surface area contributed by atoms with Crippen LogP contribution in [-0.4, -0.2) is 121 Å². The number of rotatable bonds is 14. The fraction of sp³-hybridized carbons (Fsp3) is 0.455. The Bertz CT molecular complexity index is 2240. The Hall–Kier alpha value is -4.72. The fourth-order valence-electron chi connectivity index (χ4n) is 9.02. The topological polar surface area (TPSA) is 147 Å². The lowest BCUT2D eigenvalue weighted by atomic mass is 10.0. The Kier molecular flexibility index (Phi) is 12.9. The number of hydrogen-bond donors (Lipinski definition) is 4. The molecule has 0 radical (unpaired) electrons. The zero-order valence-corrected chi connectivity index (χ0v) is 36.4. The van der Waals surface area contributed by atoms with Gasteiger partial charge in [0.1, 0.15) is 17.9 Å². The van der Waals surface area contributed by atoms with Crippen LogP contribution in [0.15, 0.2) is 66.9 Å². The number of fused-ring (bicyclic) bond motifs is 1. The van der Waals surface area contributed by atoms with Gasteiger partial charge < -0.3 is 35.1 Å². The van der Waals surface area contributed by atoms with Crippen molar-refractivity contribution in [2.75, 3.05) is 93.6 Å². The van der Waals surface area contributed by atoms with Crippen molar-refractivity contribution in [3.8, 4) is 5.75 Å². The fourth-order valence-corrected chi connectivity index (χ4v) is 10.3. The zero-order valence-electron chi connectivity index (χ0n) is 34.8. The molecule has 16 heteroatoms. The van der Waals surface area contributed by atoms with E-state index in [0.717, 1.165) is 107 Å². The predicted molar refractivity (Wildman–Crippen MR) is 240 cm³/mol. The Balaban J connectivity index is 0.775. The third kappa shape index (κ3) is 9.74. The van der Waals surface area contributed by atoms with E-state index in [1.165, 1.54) is 11.1 Å². The van der Waals surface area contributed by atoms with Gasteiger partial charge in [-0.05, 0) is 87.0 Å². The van der Waals surface area contributed by atoms with Gasteiger partial charge in [-0.15, -0.1) is 0 Å². The van der Waals surface area contributed by atoms with Crippen molar-refractivity contribution in [2.45, 2.75) is 57.3 Å². The number of aromatic nitrogens is 2. The molecule has 1 atom stereocenters. The number of imide groups is 1. The zero-order chi connectivity index (χ0) is 41.8. The van der Waals surface area contributed by atoms with Gasteiger partial charge in [0.25, 0.3) is 0 Å². The summed E-state index contributed by atoms with van der Waals surface area (Å²) in [6.07, 6.45) is 5.85. The van der Waals surface area contributed by atoms with Crippen molar-refractivity contribution in [1.82, 2.24) is 30.0 Å². The normalized spacial score (nSPS) is 19.5. The van der Waals surface area contributed by atoms with Crippen LogP contribution >= 0.6 is 18.7 Å². The summed E-state index contributed by atoms with van der Waals surface area (Å²) < 4.78 is 18.7. The third-order valence-corrected chi connectivity index (χ3v) is 14.1. The molecule has 60 heavy (non-hydrogen) atoms. The van der Waals surface area contributed by atoms with Crippen molar-refractivity contribution in [1.29, 1.82) is 0 Å². The Morgan fingerprint density at radius 1 is 0.883 bits per heavy atom. The molecule has 4 aliphatic rings. The summed E-state index contributed by atoms with van der Waals surface area (Å²) in [5.41, 5.74) is 6.26. The van der Waals surface area contributed by atoms with Crippen molar-refractivity contribution in [3.05, 3.63) is 83.0 Å². The summed E-state index contributed by atoms with van der Waals surface area (Å²) in [6, 6.07) is 20.4. The minimum Gasteiger partial charge on any atom is -0.494 e.